The maximum absolute atomic E-state index is 12.5. The Hall–Kier alpha value is -2.64. The van der Waals surface area contributed by atoms with Gasteiger partial charge in [-0.3, -0.25) is 19.3 Å². The number of allylic oxidation sites excluding steroid dienone is 1. The molecule has 31 heavy (non-hydrogen) atoms. The Bertz CT molecular complexity index is 912. The molecule has 5 N–H and O–H groups in total. The summed E-state index contributed by atoms with van der Waals surface area (Å²) in [5.41, 5.74) is 13.3. The number of ether oxygens (including phenoxy) is 1. The van der Waals surface area contributed by atoms with Gasteiger partial charge in [-0.2, -0.15) is 5.11 Å². The predicted molar refractivity (Wildman–Crippen MR) is 109 cm³/mol. The molecule has 14 heteroatoms. The van der Waals surface area contributed by atoms with Crippen molar-refractivity contribution in [3.05, 3.63) is 34.6 Å². The molecular formula is C17H18ClF3N6O3S. The van der Waals surface area contributed by atoms with Crippen molar-refractivity contribution in [3.63, 3.8) is 0 Å². The summed E-state index contributed by atoms with van der Waals surface area (Å²) in [6.07, 6.45) is -2.40. The van der Waals surface area contributed by atoms with Gasteiger partial charge in [-0.05, 0) is 24.3 Å². The molecule has 0 saturated heterocycles. The minimum absolute atomic E-state index is 0.0274. The molecule has 0 radical (unpaired) electrons. The van der Waals surface area contributed by atoms with Gasteiger partial charge in [0, 0.05) is 16.6 Å². The molecule has 1 aliphatic rings. The van der Waals surface area contributed by atoms with Crippen molar-refractivity contribution < 1.29 is 27.5 Å². The summed E-state index contributed by atoms with van der Waals surface area (Å²) in [6.45, 7) is 0. The smallest absolute Gasteiger partial charge is 0.397 e. The summed E-state index contributed by atoms with van der Waals surface area (Å²) < 4.78 is 41.6. The van der Waals surface area contributed by atoms with Crippen LogP contribution in [0.2, 0.25) is 0 Å². The van der Waals surface area contributed by atoms with E-state index in [1.165, 1.54) is 23.8 Å². The zero-order chi connectivity index (χ0) is 23.2. The Morgan fingerprint density at radius 3 is 2.77 bits per heavy atom. The van der Waals surface area contributed by atoms with E-state index >= 15 is 0 Å². The number of pyridine rings is 1. The standard InChI is InChI=1S/C17H18ClF3N6O3S/c18-10-2-1-8(3-13(10)30-17(19,20)21)12(7-31)25-27-26-14(28)4-9-5-24-6-11(22)15(9)16(23)29/h2,5-8,12-13H,1,3-4,22H2,(H2,23,29)(H,25,26,28). The lowest BCUT2D eigenvalue weighted by atomic mass is 9.87. The molecule has 0 aromatic carbocycles. The van der Waals surface area contributed by atoms with E-state index in [2.05, 4.69) is 25.5 Å². The van der Waals surface area contributed by atoms with Crippen molar-refractivity contribution in [2.45, 2.75) is 37.8 Å². The van der Waals surface area contributed by atoms with E-state index in [1.807, 2.05) is 0 Å². The van der Waals surface area contributed by atoms with Gasteiger partial charge in [-0.15, -0.1) is 13.2 Å². The maximum atomic E-state index is 12.5. The number of alkyl halides is 3. The molecule has 0 spiro atoms. The van der Waals surface area contributed by atoms with Gasteiger partial charge in [-0.25, -0.2) is 5.43 Å². The van der Waals surface area contributed by atoms with Crippen molar-refractivity contribution in [2.24, 2.45) is 22.0 Å². The summed E-state index contributed by atoms with van der Waals surface area (Å²) in [5.74, 6) is -1.93. The van der Waals surface area contributed by atoms with Crippen LogP contribution in [0.5, 0.6) is 0 Å². The van der Waals surface area contributed by atoms with E-state index in [4.69, 9.17) is 35.3 Å². The number of halogens is 4. The second-order valence-corrected chi connectivity index (χ2v) is 7.26. The van der Waals surface area contributed by atoms with Crippen molar-refractivity contribution >= 4 is 46.7 Å². The predicted octanol–water partition coefficient (Wildman–Crippen LogP) is 2.59. The molecule has 1 aliphatic carbocycles. The van der Waals surface area contributed by atoms with Crippen LogP contribution in [0.3, 0.4) is 0 Å². The topological polar surface area (TPSA) is 145 Å². The van der Waals surface area contributed by atoms with Crippen LogP contribution < -0.4 is 16.9 Å². The number of anilines is 1. The first-order valence-electron chi connectivity index (χ1n) is 8.78. The van der Waals surface area contributed by atoms with Crippen LogP contribution in [-0.2, 0) is 16.0 Å². The van der Waals surface area contributed by atoms with Crippen molar-refractivity contribution in [1.29, 1.82) is 0 Å². The van der Waals surface area contributed by atoms with E-state index in [0.717, 1.165) is 0 Å². The van der Waals surface area contributed by atoms with E-state index < -0.39 is 36.2 Å². The van der Waals surface area contributed by atoms with E-state index in [9.17, 15) is 22.8 Å². The summed E-state index contributed by atoms with van der Waals surface area (Å²) in [7, 11) is 0. The Balaban J connectivity index is 2.00. The summed E-state index contributed by atoms with van der Waals surface area (Å²) >= 11 is 10.7. The molecule has 1 aromatic heterocycles. The quantitative estimate of drug-likeness (QED) is 0.297. The third-order valence-corrected chi connectivity index (χ3v) is 5.03. The number of nitrogens with one attached hydrogen (secondary N) is 1. The lowest BCUT2D eigenvalue weighted by molar-refractivity contribution is -0.338. The highest BCUT2D eigenvalue weighted by atomic mass is 35.5. The second kappa shape index (κ2) is 10.6. The van der Waals surface area contributed by atoms with Gasteiger partial charge in [-0.1, -0.05) is 35.1 Å². The molecular weight excluding hydrogens is 461 g/mol. The number of primary amides is 1. The fraction of sp³-hybridized carbons (Fsp3) is 0.412. The first-order valence-corrected chi connectivity index (χ1v) is 9.63. The van der Waals surface area contributed by atoms with Crippen LogP contribution in [0.1, 0.15) is 28.8 Å². The third kappa shape index (κ3) is 7.22. The zero-order valence-electron chi connectivity index (χ0n) is 15.8. The summed E-state index contributed by atoms with van der Waals surface area (Å²) in [5, 5.41) is 8.62. The Labute approximate surface area is 185 Å². The molecule has 168 valence electrons. The van der Waals surface area contributed by atoms with Crippen LogP contribution in [-0.4, -0.2) is 40.7 Å². The number of nitrogens with two attached hydrogens (primary N) is 2. The van der Waals surface area contributed by atoms with Crippen molar-refractivity contribution in [2.75, 3.05) is 5.73 Å². The normalized spacial score (nSPS) is 20.2. The van der Waals surface area contributed by atoms with Gasteiger partial charge >= 0.3 is 6.36 Å². The van der Waals surface area contributed by atoms with Gasteiger partial charge in [0.2, 0.25) is 5.91 Å². The van der Waals surface area contributed by atoms with Crippen LogP contribution in [0.15, 0.2) is 33.8 Å². The number of carbonyl (C=O) groups excluding carboxylic acids is 2. The lowest BCUT2D eigenvalue weighted by Gasteiger charge is -2.29. The van der Waals surface area contributed by atoms with Gasteiger partial charge < -0.3 is 11.5 Å². The highest BCUT2D eigenvalue weighted by Crippen LogP contribution is 2.35. The lowest BCUT2D eigenvalue weighted by Crippen LogP contribution is -2.33. The number of hydrogen-bond donors (Lipinski definition) is 3. The molecule has 0 fully saturated rings. The number of amides is 2. The van der Waals surface area contributed by atoms with E-state index in [-0.39, 0.29) is 34.7 Å². The molecule has 1 aromatic rings. The minimum atomic E-state index is -4.84. The SMILES string of the molecule is NC(=O)c1c(N)cncc1CC(=O)NN=NC(C=S)C1CC=C(Cl)C(OC(F)(F)F)C1. The molecule has 0 aliphatic heterocycles. The van der Waals surface area contributed by atoms with Gasteiger partial charge in [0.05, 0.1) is 23.9 Å². The number of rotatable bonds is 8. The number of nitrogen functional groups attached to an aromatic ring is 1. The van der Waals surface area contributed by atoms with Crippen LogP contribution in [0.25, 0.3) is 0 Å². The molecule has 2 rings (SSSR count). The summed E-state index contributed by atoms with van der Waals surface area (Å²) in [4.78, 5) is 27.4. The first kappa shape index (κ1) is 24.6. The second-order valence-electron chi connectivity index (χ2n) is 6.55. The van der Waals surface area contributed by atoms with Gasteiger partial charge in [0.15, 0.2) is 0 Å². The molecule has 0 bridgehead atoms. The van der Waals surface area contributed by atoms with Crippen LogP contribution in [0, 0.1) is 5.92 Å². The van der Waals surface area contributed by atoms with E-state index in [1.54, 1.807) is 0 Å². The number of carbonyl (C=O) groups is 2. The van der Waals surface area contributed by atoms with E-state index in [0.29, 0.717) is 6.42 Å². The molecule has 3 unspecified atom stereocenters. The summed E-state index contributed by atoms with van der Waals surface area (Å²) in [6, 6.07) is -0.772. The monoisotopic (exact) mass is 478 g/mol. The molecule has 1 heterocycles. The number of nitrogens with zero attached hydrogens (tertiary/aromatic N) is 3. The zero-order valence-corrected chi connectivity index (χ0v) is 17.4. The fourth-order valence-corrected chi connectivity index (χ4v) is 3.48. The number of aromatic nitrogens is 1. The first-order chi connectivity index (χ1) is 14.5. The average Bonchev–Trinajstić information content (AvgIpc) is 2.66. The highest BCUT2D eigenvalue weighted by molar-refractivity contribution is 7.79. The van der Waals surface area contributed by atoms with Crippen molar-refractivity contribution in [3.8, 4) is 0 Å². The molecule has 2 amide bonds. The van der Waals surface area contributed by atoms with Crippen molar-refractivity contribution in [1.82, 2.24) is 10.4 Å². The highest BCUT2D eigenvalue weighted by Gasteiger charge is 2.38. The van der Waals surface area contributed by atoms with Crippen LogP contribution in [0.4, 0.5) is 18.9 Å². The minimum Gasteiger partial charge on any atom is -0.397 e. The number of hydrogen-bond acceptors (Lipinski definition) is 8. The van der Waals surface area contributed by atoms with Gasteiger partial charge in [0.1, 0.15) is 12.1 Å². The number of thiocarbonyl (C=S) groups is 1. The van der Waals surface area contributed by atoms with Crippen LogP contribution >= 0.6 is 23.8 Å². The molecule has 0 saturated carbocycles. The Morgan fingerprint density at radius 1 is 1.45 bits per heavy atom. The largest absolute Gasteiger partial charge is 0.523 e. The fourth-order valence-electron chi connectivity index (χ4n) is 2.98. The maximum Gasteiger partial charge on any atom is 0.523 e. The Morgan fingerprint density at radius 2 is 2.16 bits per heavy atom. The Kier molecular flexibility index (Phi) is 8.42. The average molecular weight is 479 g/mol. The third-order valence-electron chi connectivity index (χ3n) is 4.36. The molecule has 3 atom stereocenters. The van der Waals surface area contributed by atoms with Gasteiger partial charge in [0.25, 0.3) is 5.91 Å². The molecule has 9 nitrogen and oxygen atoms in total.